The number of nitrogens with zero attached hydrogens (tertiary/aromatic N) is 2. The van der Waals surface area contributed by atoms with E-state index < -0.39 is 5.97 Å². The van der Waals surface area contributed by atoms with E-state index in [9.17, 15) is 9.90 Å². The van der Waals surface area contributed by atoms with Crippen molar-refractivity contribution in [2.45, 2.75) is 38.6 Å². The van der Waals surface area contributed by atoms with Gasteiger partial charge in [0, 0.05) is 28.2 Å². The molecule has 3 aromatic carbocycles. The fourth-order valence-corrected chi connectivity index (χ4v) is 7.57. The van der Waals surface area contributed by atoms with Crippen molar-refractivity contribution < 1.29 is 24.1 Å². The molecule has 3 heterocycles. The fourth-order valence-electron chi connectivity index (χ4n) is 6.32. The lowest BCUT2D eigenvalue weighted by Gasteiger charge is -2.18. The van der Waals surface area contributed by atoms with E-state index in [1.165, 1.54) is 38.4 Å². The molecule has 2 saturated heterocycles. The molecule has 0 radical (unpaired) electrons. The summed E-state index contributed by atoms with van der Waals surface area (Å²) >= 11 is 1.62. The van der Waals surface area contributed by atoms with Gasteiger partial charge < -0.3 is 19.3 Å². The minimum Gasteiger partial charge on any atom is -0.508 e. The Morgan fingerprint density at radius 3 is 2.40 bits per heavy atom. The van der Waals surface area contributed by atoms with E-state index in [2.05, 4.69) is 28.0 Å². The molecule has 2 aliphatic rings. The van der Waals surface area contributed by atoms with Gasteiger partial charge >= 0.3 is 5.97 Å². The average Bonchev–Trinajstić information content (AvgIpc) is 3.80. The van der Waals surface area contributed by atoms with Gasteiger partial charge in [-0.25, -0.2) is 4.79 Å². The number of phenolic OH excluding ortho intramolecular Hbond substituents is 1. The number of hydrogen-bond acceptors (Lipinski definition) is 8. The third-order valence-corrected chi connectivity index (χ3v) is 9.86. The van der Waals surface area contributed by atoms with Crippen LogP contribution in [0.1, 0.15) is 52.7 Å². The van der Waals surface area contributed by atoms with Gasteiger partial charge in [0.2, 0.25) is 0 Å². The lowest BCUT2D eigenvalue weighted by Crippen LogP contribution is -2.25. The molecular formula is C35H40N2O5S. The first kappa shape index (κ1) is 29.5. The first-order valence-electron chi connectivity index (χ1n) is 15.2. The van der Waals surface area contributed by atoms with E-state index >= 15 is 0 Å². The van der Waals surface area contributed by atoms with Gasteiger partial charge in [0.1, 0.15) is 29.4 Å². The number of aromatic hydroxyl groups is 1. The number of esters is 1. The molecule has 0 atom stereocenters. The summed E-state index contributed by atoms with van der Waals surface area (Å²) in [4.78, 5) is 18.8. The zero-order valence-corrected chi connectivity index (χ0v) is 25.9. The number of carbonyl (C=O) groups excluding carboxylic acids is 1. The van der Waals surface area contributed by atoms with Crippen LogP contribution in [0.25, 0.3) is 20.5 Å². The molecule has 0 amide bonds. The molecule has 0 unspecified atom stereocenters. The van der Waals surface area contributed by atoms with Crippen LogP contribution in [0.2, 0.25) is 0 Å². The normalized spacial score (nSPS) is 15.8. The van der Waals surface area contributed by atoms with Crippen LogP contribution in [-0.2, 0) is 17.7 Å². The van der Waals surface area contributed by atoms with Crippen LogP contribution in [0.4, 0.5) is 0 Å². The van der Waals surface area contributed by atoms with E-state index in [1.807, 2.05) is 30.3 Å². The Balaban J connectivity index is 1.33. The maximum Gasteiger partial charge on any atom is 0.341 e. The lowest BCUT2D eigenvalue weighted by atomic mass is 9.97. The molecule has 226 valence electrons. The van der Waals surface area contributed by atoms with Gasteiger partial charge in [0.05, 0.1) is 14.2 Å². The van der Waals surface area contributed by atoms with Gasteiger partial charge in [-0.15, -0.1) is 11.3 Å². The lowest BCUT2D eigenvalue weighted by molar-refractivity contribution is 0.0595. The summed E-state index contributed by atoms with van der Waals surface area (Å²) in [6, 6.07) is 17.8. The summed E-state index contributed by atoms with van der Waals surface area (Å²) in [5, 5.41) is 11.3. The van der Waals surface area contributed by atoms with Gasteiger partial charge in [0.25, 0.3) is 0 Å². The second-order valence-electron chi connectivity index (χ2n) is 11.5. The predicted octanol–water partition coefficient (Wildman–Crippen LogP) is 6.73. The van der Waals surface area contributed by atoms with E-state index in [1.54, 1.807) is 24.5 Å². The number of thiophene rings is 1. The minimum atomic E-state index is -0.420. The molecule has 0 spiro atoms. The number of rotatable bonds is 11. The Morgan fingerprint density at radius 2 is 1.65 bits per heavy atom. The maximum atomic E-state index is 12.9. The molecule has 8 heteroatoms. The molecule has 4 aromatic rings. The molecule has 1 aromatic heterocycles. The molecule has 0 aliphatic carbocycles. The van der Waals surface area contributed by atoms with E-state index in [4.69, 9.17) is 14.2 Å². The maximum absolute atomic E-state index is 12.9. The standard InChI is InChI=1S/C35H40N2O5S/c1-40-32-20-24(7-8-26(32)23-37-15-5-6-16-37)19-29-28-11-10-27(38)22-33(28)43-34(29)25-9-12-31(30(21-25)35(39)41-2)42-18-17-36-13-3-4-14-36/h7-12,20-22,38H,3-6,13-19,23H2,1-2H3. The fraction of sp³-hybridized carbons (Fsp3) is 0.400. The monoisotopic (exact) mass is 600 g/mol. The Kier molecular flexibility index (Phi) is 9.17. The summed E-state index contributed by atoms with van der Waals surface area (Å²) < 4.78 is 18.1. The first-order chi connectivity index (χ1) is 21.0. The second kappa shape index (κ2) is 13.4. The highest BCUT2D eigenvalue weighted by Crippen LogP contribution is 2.42. The number of phenols is 1. The highest BCUT2D eigenvalue weighted by Gasteiger charge is 2.21. The molecule has 0 saturated carbocycles. The van der Waals surface area contributed by atoms with Crippen molar-refractivity contribution in [2.24, 2.45) is 0 Å². The van der Waals surface area contributed by atoms with Gasteiger partial charge in [-0.2, -0.15) is 0 Å². The zero-order valence-electron chi connectivity index (χ0n) is 25.1. The number of likely N-dealkylation sites (tertiary alicyclic amines) is 2. The number of carbonyl (C=O) groups is 1. The van der Waals surface area contributed by atoms with Gasteiger partial charge in [-0.3, -0.25) is 9.80 Å². The van der Waals surface area contributed by atoms with Crippen LogP contribution in [-0.4, -0.2) is 74.4 Å². The second-order valence-corrected chi connectivity index (χ2v) is 12.5. The summed E-state index contributed by atoms with van der Waals surface area (Å²) in [7, 11) is 3.14. The van der Waals surface area contributed by atoms with Crippen LogP contribution >= 0.6 is 11.3 Å². The summed E-state index contributed by atoms with van der Waals surface area (Å²) in [5.41, 5.74) is 4.83. The minimum absolute atomic E-state index is 0.233. The van der Waals surface area contributed by atoms with E-state index in [-0.39, 0.29) is 5.75 Å². The molecule has 0 bridgehead atoms. The largest absolute Gasteiger partial charge is 0.508 e. The van der Waals surface area contributed by atoms with Crippen molar-refractivity contribution in [1.82, 2.24) is 9.80 Å². The SMILES string of the molecule is COC(=O)c1cc(-c2sc3cc(O)ccc3c2Cc2ccc(CN3CCCC3)c(OC)c2)ccc1OCCN1CCCC1. The Bertz CT molecular complexity index is 1590. The molecule has 6 rings (SSSR count). The van der Waals surface area contributed by atoms with Crippen LogP contribution in [0.3, 0.4) is 0 Å². The number of fused-ring (bicyclic) bond motifs is 1. The molecule has 7 nitrogen and oxygen atoms in total. The first-order valence-corrected chi connectivity index (χ1v) is 16.0. The van der Waals surface area contributed by atoms with Gasteiger partial charge in [-0.1, -0.05) is 12.1 Å². The number of hydrogen-bond donors (Lipinski definition) is 1. The highest BCUT2D eigenvalue weighted by molar-refractivity contribution is 7.22. The zero-order chi connectivity index (χ0) is 29.8. The number of benzene rings is 3. The van der Waals surface area contributed by atoms with Crippen molar-refractivity contribution in [2.75, 3.05) is 53.6 Å². The molecular weight excluding hydrogens is 560 g/mol. The van der Waals surface area contributed by atoms with Crippen LogP contribution in [0.15, 0.2) is 54.6 Å². The van der Waals surface area contributed by atoms with Crippen molar-refractivity contribution in [3.05, 3.63) is 76.9 Å². The Labute approximate surface area is 257 Å². The molecule has 1 N–H and O–H groups in total. The average molecular weight is 601 g/mol. The van der Waals surface area contributed by atoms with Crippen molar-refractivity contribution >= 4 is 27.4 Å². The van der Waals surface area contributed by atoms with Gasteiger partial charge in [-0.05, 0) is 123 Å². The molecule has 43 heavy (non-hydrogen) atoms. The van der Waals surface area contributed by atoms with Crippen molar-refractivity contribution in [3.63, 3.8) is 0 Å². The topological polar surface area (TPSA) is 71.5 Å². The van der Waals surface area contributed by atoms with Crippen LogP contribution < -0.4 is 9.47 Å². The summed E-state index contributed by atoms with van der Waals surface area (Å²) in [6.07, 6.45) is 5.66. The highest BCUT2D eigenvalue weighted by atomic mass is 32.1. The van der Waals surface area contributed by atoms with Gasteiger partial charge in [0.15, 0.2) is 0 Å². The van der Waals surface area contributed by atoms with E-state index in [0.717, 1.165) is 76.7 Å². The quantitative estimate of drug-likeness (QED) is 0.191. The van der Waals surface area contributed by atoms with E-state index in [0.29, 0.717) is 24.3 Å². The summed E-state index contributed by atoms with van der Waals surface area (Å²) in [5.74, 6) is 1.26. The number of methoxy groups -OCH3 is 2. The van der Waals surface area contributed by atoms with Crippen LogP contribution in [0, 0.1) is 0 Å². The van der Waals surface area contributed by atoms with Crippen molar-refractivity contribution in [3.8, 4) is 27.7 Å². The predicted molar refractivity (Wildman–Crippen MR) is 172 cm³/mol. The van der Waals surface area contributed by atoms with Crippen molar-refractivity contribution in [1.29, 1.82) is 0 Å². The smallest absolute Gasteiger partial charge is 0.341 e. The third kappa shape index (κ3) is 6.66. The van der Waals surface area contributed by atoms with Crippen LogP contribution in [0.5, 0.6) is 17.2 Å². The third-order valence-electron chi connectivity index (χ3n) is 8.61. The summed E-state index contributed by atoms with van der Waals surface area (Å²) in [6.45, 7) is 6.74. The Hall–Kier alpha value is -3.59. The Morgan fingerprint density at radius 1 is 0.884 bits per heavy atom. The molecule has 2 fully saturated rings. The molecule has 2 aliphatic heterocycles. The number of ether oxygens (including phenoxy) is 3.